The molecule has 5 nitrogen and oxygen atoms in total. The number of pyridine rings is 1. The molecule has 0 radical (unpaired) electrons. The van der Waals surface area contributed by atoms with Gasteiger partial charge in [-0.3, -0.25) is 0 Å². The topological polar surface area (TPSA) is 25.9 Å². The third kappa shape index (κ3) is 10.5. The molecule has 0 atom stereocenters. The molecule has 0 saturated heterocycles. The van der Waals surface area contributed by atoms with Crippen molar-refractivity contribution in [2.75, 3.05) is 19.6 Å². The Morgan fingerprint density at radius 1 is 0.402 bits per heavy atom. The number of para-hydroxylation sites is 4. The van der Waals surface area contributed by atoms with Crippen LogP contribution in [0.2, 0.25) is 0 Å². The molecule has 3 heterocycles. The Morgan fingerprint density at radius 2 is 0.951 bits per heavy atom. The van der Waals surface area contributed by atoms with Crippen LogP contribution in [0.5, 0.6) is 0 Å². The fourth-order valence-electron chi connectivity index (χ4n) is 11.6. The fourth-order valence-corrected chi connectivity index (χ4v) is 11.6. The van der Waals surface area contributed by atoms with Crippen LogP contribution in [0.15, 0.2) is 212 Å². The molecule has 2 aliphatic heterocycles. The van der Waals surface area contributed by atoms with E-state index in [2.05, 4.69) is 328 Å². The zero-order chi connectivity index (χ0) is 56.6. The second-order valence-corrected chi connectivity index (χ2v) is 25.9. The van der Waals surface area contributed by atoms with Crippen LogP contribution in [0.3, 0.4) is 0 Å². The standard InChI is InChI=1S/C76H72N5.Pt/c1-73(2,3)54-40-41-77-71(47-54)81-67-35-22-21-32-64(67)62-30-19-20-31-63(62)65-39-38-57(49-70(65)81)80(60-45-55(74(4,5)6)44-56(46-60)75(7,8)9)59-43-53(51-26-15-13-16-27-51)42-58(48-59)78-50-79(69-37-24-23-36-68(69)78)72-61(52-28-17-14-18-29-52)33-25-34-66(72)76(10,11)12;/h13-47,50H,1-12H3;/q-3;. The molecule has 0 unspecified atom stereocenters. The first-order valence-corrected chi connectivity index (χ1v) is 28.5. The third-order valence-corrected chi connectivity index (χ3v) is 16.0. The van der Waals surface area contributed by atoms with E-state index in [1.54, 1.807) is 0 Å². The van der Waals surface area contributed by atoms with E-state index >= 15 is 0 Å². The molecular formula is C76H72N5Pt-3. The number of aromatic nitrogens is 1. The van der Waals surface area contributed by atoms with Crippen LogP contribution >= 0.6 is 0 Å². The second kappa shape index (κ2) is 21.4. The molecule has 82 heavy (non-hydrogen) atoms. The third-order valence-electron chi connectivity index (χ3n) is 16.0. The van der Waals surface area contributed by atoms with Crippen LogP contribution in [0.4, 0.5) is 57.0 Å². The monoisotopic (exact) mass is 1250 g/mol. The first-order chi connectivity index (χ1) is 38.7. The molecule has 0 aliphatic carbocycles. The summed E-state index contributed by atoms with van der Waals surface area (Å²) in [5.41, 5.74) is 22.4. The predicted octanol–water partition coefficient (Wildman–Crippen LogP) is 21.2. The van der Waals surface area contributed by atoms with Crippen molar-refractivity contribution in [3.8, 4) is 44.5 Å². The quantitative estimate of drug-likeness (QED) is 0.141. The zero-order valence-corrected chi connectivity index (χ0v) is 51.6. The number of nitrogens with zero attached hydrogens (tertiary/aromatic N) is 5. The van der Waals surface area contributed by atoms with Crippen molar-refractivity contribution in [1.82, 2.24) is 4.98 Å². The molecule has 1 aromatic heterocycles. The van der Waals surface area contributed by atoms with Crippen molar-refractivity contribution in [3.63, 3.8) is 0 Å². The Kier molecular flexibility index (Phi) is 14.6. The minimum absolute atomic E-state index is 0. The number of rotatable bonds is 8. The maximum Gasteiger partial charge on any atom is 0.135 e. The SMILES string of the molecule is CC(C)(C)c1cc(N(c2[c-]c3c(cc2)-c2ccccc2-c2ccccc2N3c2cc(C(C)(C)C)ccn2)c2[c-]c(N3[CH-]N(c4c(-c5ccccc5)cccc4C(C)(C)C)c4ccccc43)cc(-c3ccccc3)c2)cc(C(C)(C)C)c1.[Pt]. The van der Waals surface area contributed by atoms with Gasteiger partial charge >= 0.3 is 0 Å². The molecule has 6 heteroatoms. The van der Waals surface area contributed by atoms with Gasteiger partial charge in [0.25, 0.3) is 0 Å². The molecule has 9 aromatic carbocycles. The average molecular weight is 1250 g/mol. The summed E-state index contributed by atoms with van der Waals surface area (Å²) in [6.07, 6.45) is 1.96. The maximum atomic E-state index is 5.21. The van der Waals surface area contributed by atoms with Crippen LogP contribution < -0.4 is 19.6 Å². The Balaban J connectivity index is 0.00000705. The smallest absolute Gasteiger partial charge is 0.135 e. The molecule has 0 saturated carbocycles. The van der Waals surface area contributed by atoms with Gasteiger partial charge in [0.05, 0.1) is 5.69 Å². The predicted molar refractivity (Wildman–Crippen MR) is 343 cm³/mol. The zero-order valence-electron chi connectivity index (χ0n) is 49.3. The summed E-state index contributed by atoms with van der Waals surface area (Å²) in [5, 5.41) is 0. The normalized spacial score (nSPS) is 13.1. The molecule has 414 valence electrons. The summed E-state index contributed by atoms with van der Waals surface area (Å²) < 4.78 is 0. The van der Waals surface area contributed by atoms with Crippen molar-refractivity contribution in [2.24, 2.45) is 0 Å². The number of hydrogen-bond donors (Lipinski definition) is 0. The summed E-state index contributed by atoms with van der Waals surface area (Å²) in [4.78, 5) is 14.7. The van der Waals surface area contributed by atoms with E-state index in [0.717, 1.165) is 84.8 Å². The van der Waals surface area contributed by atoms with Gasteiger partial charge in [-0.05, 0) is 103 Å². The van der Waals surface area contributed by atoms with Crippen molar-refractivity contribution in [2.45, 2.75) is 105 Å². The summed E-state index contributed by atoms with van der Waals surface area (Å²) in [6, 6.07) is 83.8. The number of anilines is 10. The molecule has 0 spiro atoms. The van der Waals surface area contributed by atoms with Gasteiger partial charge in [0.15, 0.2) is 0 Å². The van der Waals surface area contributed by atoms with Crippen LogP contribution in [0, 0.1) is 18.8 Å². The Morgan fingerprint density at radius 3 is 1.57 bits per heavy atom. The largest absolute Gasteiger partial charge is 0.493 e. The summed E-state index contributed by atoms with van der Waals surface area (Å²) >= 11 is 0. The first kappa shape index (κ1) is 55.9. The summed E-state index contributed by atoms with van der Waals surface area (Å²) in [6.45, 7) is 29.9. The molecule has 10 aromatic rings. The Bertz CT molecular complexity index is 3950. The molecular weight excluding hydrogens is 1180 g/mol. The first-order valence-electron chi connectivity index (χ1n) is 28.5. The molecule has 2 aliphatic rings. The van der Waals surface area contributed by atoms with Gasteiger partial charge in [-0.2, -0.15) is 6.07 Å². The molecule has 0 N–H and O–H groups in total. The van der Waals surface area contributed by atoms with E-state index in [-0.39, 0.29) is 42.7 Å². The van der Waals surface area contributed by atoms with Crippen molar-refractivity contribution < 1.29 is 21.1 Å². The van der Waals surface area contributed by atoms with E-state index in [1.165, 1.54) is 38.9 Å². The van der Waals surface area contributed by atoms with Gasteiger partial charge < -0.3 is 19.6 Å². The summed E-state index contributed by atoms with van der Waals surface area (Å²) in [7, 11) is 0. The summed E-state index contributed by atoms with van der Waals surface area (Å²) in [5.74, 6) is 0.838. The van der Waals surface area contributed by atoms with Crippen molar-refractivity contribution in [3.05, 3.63) is 254 Å². The number of benzene rings is 9. The molecule has 0 bridgehead atoms. The number of fused-ring (bicyclic) bond motifs is 6. The minimum atomic E-state index is -0.160. The van der Waals surface area contributed by atoms with Gasteiger partial charge in [0.2, 0.25) is 0 Å². The van der Waals surface area contributed by atoms with Gasteiger partial charge in [-0.25, -0.2) is 4.98 Å². The van der Waals surface area contributed by atoms with E-state index < -0.39 is 0 Å². The molecule has 0 fully saturated rings. The van der Waals surface area contributed by atoms with Gasteiger partial charge in [-0.1, -0.05) is 245 Å². The Labute approximate surface area is 502 Å². The van der Waals surface area contributed by atoms with Crippen molar-refractivity contribution in [1.29, 1.82) is 0 Å². The van der Waals surface area contributed by atoms with Gasteiger partial charge in [0.1, 0.15) is 5.82 Å². The minimum Gasteiger partial charge on any atom is -0.493 e. The van der Waals surface area contributed by atoms with Crippen molar-refractivity contribution >= 4 is 57.0 Å². The van der Waals surface area contributed by atoms with E-state index in [9.17, 15) is 0 Å². The van der Waals surface area contributed by atoms with E-state index in [0.29, 0.717) is 0 Å². The van der Waals surface area contributed by atoms with Gasteiger partial charge in [0, 0.05) is 61.1 Å². The fraction of sp³-hybridized carbons (Fsp3) is 0.211. The van der Waals surface area contributed by atoms with Gasteiger partial charge in [-0.15, -0.1) is 53.8 Å². The van der Waals surface area contributed by atoms with Crippen LogP contribution in [0.25, 0.3) is 44.5 Å². The van der Waals surface area contributed by atoms with Crippen LogP contribution in [-0.4, -0.2) is 4.98 Å². The van der Waals surface area contributed by atoms with Crippen LogP contribution in [-0.2, 0) is 42.7 Å². The molecule has 12 rings (SSSR count). The maximum absolute atomic E-state index is 5.21. The average Bonchev–Trinajstić information content (AvgIpc) is 3.27. The molecule has 0 amide bonds. The van der Waals surface area contributed by atoms with E-state index in [4.69, 9.17) is 4.98 Å². The Hall–Kier alpha value is -7.98. The van der Waals surface area contributed by atoms with E-state index in [1.807, 2.05) is 6.20 Å². The van der Waals surface area contributed by atoms with Crippen LogP contribution in [0.1, 0.15) is 105 Å². The second-order valence-electron chi connectivity index (χ2n) is 25.9. The number of hydrogen-bond acceptors (Lipinski definition) is 5.